The van der Waals surface area contributed by atoms with Crippen molar-refractivity contribution in [1.82, 2.24) is 5.32 Å². The fraction of sp³-hybridized carbons (Fsp3) is 0.500. The first kappa shape index (κ1) is 15.4. The Bertz CT molecular complexity index is 437. The molecule has 0 aromatic heterocycles. The fourth-order valence-electron chi connectivity index (χ4n) is 2.23. The summed E-state index contributed by atoms with van der Waals surface area (Å²) in [7, 11) is 3.66. The average molecular weight is 260 g/mol. The van der Waals surface area contributed by atoms with Gasteiger partial charge in [0.05, 0.1) is 13.7 Å². The maximum atomic E-state index is 5.50. The molecule has 0 bridgehead atoms. The molecule has 0 spiro atoms. The van der Waals surface area contributed by atoms with Crippen LogP contribution in [0.25, 0.3) is 0 Å². The van der Waals surface area contributed by atoms with Crippen molar-refractivity contribution in [1.29, 1.82) is 0 Å². The second-order valence-corrected chi connectivity index (χ2v) is 4.53. The lowest BCUT2D eigenvalue weighted by Gasteiger charge is -2.28. The molecule has 19 heavy (non-hydrogen) atoms. The van der Waals surface area contributed by atoms with Crippen LogP contribution in [-0.4, -0.2) is 27.2 Å². The molecule has 104 valence electrons. The highest BCUT2D eigenvalue weighted by Gasteiger charge is 2.18. The Kier molecular flexibility index (Phi) is 6.24. The molecule has 0 saturated carbocycles. The standard InChI is InChI=1S/C16H24N2O/c1-6-11-18(12-7-2)14-9-8-10-15(19-5)16(14)13(3)17-4/h1,8-10,13,17H,7,11-12H2,2-5H3. The number of terminal acetylenes is 1. The van der Waals surface area contributed by atoms with Crippen LogP contribution in [0, 0.1) is 12.3 Å². The third-order valence-corrected chi connectivity index (χ3v) is 3.25. The van der Waals surface area contributed by atoms with Crippen molar-refractivity contribution in [3.05, 3.63) is 23.8 Å². The molecule has 0 aliphatic carbocycles. The quantitative estimate of drug-likeness (QED) is 0.763. The Morgan fingerprint density at radius 2 is 2.21 bits per heavy atom. The van der Waals surface area contributed by atoms with Gasteiger partial charge in [-0.05, 0) is 32.5 Å². The molecule has 1 atom stereocenters. The van der Waals surface area contributed by atoms with Gasteiger partial charge in [-0.3, -0.25) is 0 Å². The van der Waals surface area contributed by atoms with Gasteiger partial charge in [0.15, 0.2) is 0 Å². The van der Waals surface area contributed by atoms with Crippen LogP contribution in [-0.2, 0) is 0 Å². The number of nitrogens with one attached hydrogen (secondary N) is 1. The molecule has 1 rings (SSSR count). The average Bonchev–Trinajstić information content (AvgIpc) is 2.45. The van der Waals surface area contributed by atoms with E-state index in [1.165, 1.54) is 0 Å². The molecule has 1 unspecified atom stereocenters. The summed E-state index contributed by atoms with van der Waals surface area (Å²) in [5, 5.41) is 3.28. The van der Waals surface area contributed by atoms with E-state index < -0.39 is 0 Å². The summed E-state index contributed by atoms with van der Waals surface area (Å²) in [6.45, 7) is 5.84. The summed E-state index contributed by atoms with van der Waals surface area (Å²) in [5.74, 6) is 3.64. The van der Waals surface area contributed by atoms with Gasteiger partial charge in [0.1, 0.15) is 5.75 Å². The molecule has 0 fully saturated rings. The second-order valence-electron chi connectivity index (χ2n) is 4.53. The summed E-state index contributed by atoms with van der Waals surface area (Å²) < 4.78 is 5.50. The third-order valence-electron chi connectivity index (χ3n) is 3.25. The SMILES string of the molecule is C#CCN(CCC)c1cccc(OC)c1C(C)NC. The van der Waals surface area contributed by atoms with E-state index in [9.17, 15) is 0 Å². The van der Waals surface area contributed by atoms with Crippen LogP contribution in [0.4, 0.5) is 5.69 Å². The van der Waals surface area contributed by atoms with Crippen LogP contribution < -0.4 is 15.0 Å². The van der Waals surface area contributed by atoms with Gasteiger partial charge in [-0.25, -0.2) is 0 Å². The van der Waals surface area contributed by atoms with Gasteiger partial charge in [0, 0.05) is 23.8 Å². The van der Waals surface area contributed by atoms with Gasteiger partial charge in [-0.1, -0.05) is 18.9 Å². The predicted molar refractivity (Wildman–Crippen MR) is 81.8 cm³/mol. The van der Waals surface area contributed by atoms with E-state index >= 15 is 0 Å². The summed E-state index contributed by atoms with van der Waals surface area (Å²) >= 11 is 0. The van der Waals surface area contributed by atoms with Gasteiger partial charge in [0.2, 0.25) is 0 Å². The van der Waals surface area contributed by atoms with Crippen LogP contribution in [0.1, 0.15) is 31.9 Å². The van der Waals surface area contributed by atoms with Crippen LogP contribution in [0.2, 0.25) is 0 Å². The molecule has 0 amide bonds. The van der Waals surface area contributed by atoms with E-state index in [1.54, 1.807) is 7.11 Å². The second kappa shape index (κ2) is 7.70. The minimum atomic E-state index is 0.211. The molecule has 0 aliphatic heterocycles. The van der Waals surface area contributed by atoms with Crippen molar-refractivity contribution in [2.75, 3.05) is 32.1 Å². The number of anilines is 1. The first-order chi connectivity index (χ1) is 9.19. The van der Waals surface area contributed by atoms with Crippen LogP contribution in [0.3, 0.4) is 0 Å². The first-order valence-corrected chi connectivity index (χ1v) is 6.72. The summed E-state index contributed by atoms with van der Waals surface area (Å²) in [5.41, 5.74) is 2.32. The molecule has 3 heteroatoms. The normalized spacial score (nSPS) is 11.7. The van der Waals surface area contributed by atoms with Gasteiger partial charge >= 0.3 is 0 Å². The number of methoxy groups -OCH3 is 1. The van der Waals surface area contributed by atoms with Gasteiger partial charge < -0.3 is 15.0 Å². The zero-order valence-electron chi connectivity index (χ0n) is 12.4. The molecular formula is C16H24N2O. The number of benzene rings is 1. The monoisotopic (exact) mass is 260 g/mol. The van der Waals surface area contributed by atoms with E-state index in [1.807, 2.05) is 19.2 Å². The maximum Gasteiger partial charge on any atom is 0.125 e. The smallest absolute Gasteiger partial charge is 0.125 e. The van der Waals surface area contributed by atoms with Gasteiger partial charge in [-0.15, -0.1) is 6.42 Å². The molecule has 0 aliphatic rings. The Morgan fingerprint density at radius 1 is 1.47 bits per heavy atom. The van der Waals surface area contributed by atoms with E-state index in [4.69, 9.17) is 11.2 Å². The third kappa shape index (κ3) is 3.65. The number of ether oxygens (including phenoxy) is 1. The van der Waals surface area contributed by atoms with Gasteiger partial charge in [0.25, 0.3) is 0 Å². The molecule has 3 nitrogen and oxygen atoms in total. The summed E-state index contributed by atoms with van der Waals surface area (Å²) in [6.07, 6.45) is 6.55. The number of rotatable bonds is 7. The lowest BCUT2D eigenvalue weighted by molar-refractivity contribution is 0.404. The summed E-state index contributed by atoms with van der Waals surface area (Å²) in [6, 6.07) is 6.33. The summed E-state index contributed by atoms with van der Waals surface area (Å²) in [4.78, 5) is 2.23. The van der Waals surface area contributed by atoms with E-state index in [0.717, 1.165) is 30.0 Å². The molecule has 1 N–H and O–H groups in total. The zero-order chi connectivity index (χ0) is 14.3. The Hall–Kier alpha value is -1.66. The van der Waals surface area contributed by atoms with Gasteiger partial charge in [-0.2, -0.15) is 0 Å². The fourth-order valence-corrected chi connectivity index (χ4v) is 2.23. The number of nitrogens with zero attached hydrogens (tertiary/aromatic N) is 1. The predicted octanol–water partition coefficient (Wildman–Crippen LogP) is 2.83. The van der Waals surface area contributed by atoms with Crippen LogP contribution in [0.15, 0.2) is 18.2 Å². The Balaban J connectivity index is 3.27. The molecule has 1 aromatic carbocycles. The molecule has 1 aromatic rings. The minimum Gasteiger partial charge on any atom is -0.496 e. The van der Waals surface area contributed by atoms with Crippen molar-refractivity contribution in [3.63, 3.8) is 0 Å². The Morgan fingerprint density at radius 3 is 2.74 bits per heavy atom. The molecule has 0 heterocycles. The maximum absolute atomic E-state index is 5.50. The number of hydrogen-bond donors (Lipinski definition) is 1. The zero-order valence-corrected chi connectivity index (χ0v) is 12.4. The topological polar surface area (TPSA) is 24.5 Å². The van der Waals surface area contributed by atoms with Crippen LogP contribution >= 0.6 is 0 Å². The lowest BCUT2D eigenvalue weighted by atomic mass is 10.0. The van der Waals surface area contributed by atoms with Crippen molar-refractivity contribution in [2.45, 2.75) is 26.3 Å². The highest BCUT2D eigenvalue weighted by molar-refractivity contribution is 5.61. The minimum absolute atomic E-state index is 0.211. The van der Waals surface area contributed by atoms with Crippen molar-refractivity contribution in [2.24, 2.45) is 0 Å². The van der Waals surface area contributed by atoms with E-state index in [2.05, 4.69) is 36.1 Å². The first-order valence-electron chi connectivity index (χ1n) is 6.72. The highest BCUT2D eigenvalue weighted by atomic mass is 16.5. The number of hydrogen-bond acceptors (Lipinski definition) is 3. The van der Waals surface area contributed by atoms with E-state index in [-0.39, 0.29) is 6.04 Å². The van der Waals surface area contributed by atoms with Crippen molar-refractivity contribution >= 4 is 5.69 Å². The lowest BCUT2D eigenvalue weighted by Crippen LogP contribution is -2.27. The van der Waals surface area contributed by atoms with Crippen molar-refractivity contribution in [3.8, 4) is 18.1 Å². The molecule has 0 saturated heterocycles. The highest BCUT2D eigenvalue weighted by Crippen LogP contribution is 2.34. The Labute approximate surface area is 117 Å². The van der Waals surface area contributed by atoms with Crippen LogP contribution in [0.5, 0.6) is 5.75 Å². The largest absolute Gasteiger partial charge is 0.496 e. The molecular weight excluding hydrogens is 236 g/mol. The molecule has 0 radical (unpaired) electrons. The van der Waals surface area contributed by atoms with E-state index in [0.29, 0.717) is 6.54 Å². The van der Waals surface area contributed by atoms with Crippen molar-refractivity contribution < 1.29 is 4.74 Å².